The molecule has 0 aromatic heterocycles. The Bertz CT molecular complexity index is 896. The third kappa shape index (κ3) is 5.20. The van der Waals surface area contributed by atoms with E-state index in [0.29, 0.717) is 5.56 Å². The van der Waals surface area contributed by atoms with Gasteiger partial charge in [0.2, 0.25) is 5.78 Å². The molecule has 0 radical (unpaired) electrons. The molecule has 0 fully saturated rings. The van der Waals surface area contributed by atoms with Crippen LogP contribution in [-0.2, 0) is 9.53 Å². The van der Waals surface area contributed by atoms with Crippen LogP contribution in [0.15, 0.2) is 36.4 Å². The number of halogens is 2. The van der Waals surface area contributed by atoms with Crippen LogP contribution in [0.3, 0.4) is 0 Å². The number of hydrogen-bond acceptors (Lipinski definition) is 4. The Hall–Kier alpha value is -3.09. The highest BCUT2D eigenvalue weighted by molar-refractivity contribution is 6.00. The molecule has 0 aliphatic heterocycles. The lowest BCUT2D eigenvalue weighted by atomic mass is 10.1. The molecule has 27 heavy (non-hydrogen) atoms. The lowest BCUT2D eigenvalue weighted by Crippen LogP contribution is -2.34. The zero-order chi connectivity index (χ0) is 20.1. The fourth-order valence-electron chi connectivity index (χ4n) is 2.31. The summed E-state index contributed by atoms with van der Waals surface area (Å²) in [6.07, 6.45) is -1.21. The average molecular weight is 375 g/mol. The number of carbonyl (C=O) groups is 3. The third-order valence-corrected chi connectivity index (χ3v) is 4.04. The second-order valence-corrected chi connectivity index (χ2v) is 6.11. The lowest BCUT2D eigenvalue weighted by molar-refractivity contribution is -0.145. The van der Waals surface area contributed by atoms with E-state index in [4.69, 9.17) is 4.74 Å². The summed E-state index contributed by atoms with van der Waals surface area (Å²) in [5.41, 5.74) is 2.26. The first-order valence-corrected chi connectivity index (χ1v) is 8.23. The van der Waals surface area contributed by atoms with Crippen molar-refractivity contribution in [1.29, 1.82) is 0 Å². The van der Waals surface area contributed by atoms with Crippen molar-refractivity contribution in [1.82, 2.24) is 5.32 Å². The zero-order valence-corrected chi connectivity index (χ0v) is 15.1. The lowest BCUT2D eigenvalue weighted by Gasteiger charge is -2.13. The number of ether oxygens (including phenoxy) is 1. The molecule has 0 aliphatic rings. The molecule has 142 valence electrons. The first kappa shape index (κ1) is 20.2. The van der Waals surface area contributed by atoms with E-state index in [1.165, 1.54) is 6.92 Å². The molecule has 0 spiro atoms. The molecule has 0 saturated carbocycles. The maximum absolute atomic E-state index is 13.2. The Morgan fingerprint density at radius 3 is 2.26 bits per heavy atom. The summed E-state index contributed by atoms with van der Waals surface area (Å²) in [6, 6.07) is 7.80. The minimum Gasteiger partial charge on any atom is -0.453 e. The van der Waals surface area contributed by atoms with E-state index in [9.17, 15) is 23.2 Å². The van der Waals surface area contributed by atoms with Gasteiger partial charge in [-0.05, 0) is 62.2 Å². The van der Waals surface area contributed by atoms with Crippen molar-refractivity contribution in [3.63, 3.8) is 0 Å². The number of rotatable bonds is 6. The first-order valence-electron chi connectivity index (χ1n) is 8.23. The van der Waals surface area contributed by atoms with Crippen LogP contribution in [0.5, 0.6) is 0 Å². The Morgan fingerprint density at radius 2 is 1.63 bits per heavy atom. The van der Waals surface area contributed by atoms with Crippen molar-refractivity contribution in [2.45, 2.75) is 26.9 Å². The van der Waals surface area contributed by atoms with Crippen LogP contribution >= 0.6 is 0 Å². The van der Waals surface area contributed by atoms with E-state index in [2.05, 4.69) is 5.32 Å². The van der Waals surface area contributed by atoms with Crippen molar-refractivity contribution < 1.29 is 27.9 Å². The summed E-state index contributed by atoms with van der Waals surface area (Å²) >= 11 is 0. The van der Waals surface area contributed by atoms with E-state index >= 15 is 0 Å². The maximum atomic E-state index is 13.2. The molecule has 0 bridgehead atoms. The van der Waals surface area contributed by atoms with Crippen LogP contribution in [0.4, 0.5) is 8.78 Å². The quantitative estimate of drug-likeness (QED) is 0.622. The smallest absolute Gasteiger partial charge is 0.326 e. The number of aryl methyl sites for hydroxylation is 2. The fraction of sp³-hybridized carbons (Fsp3) is 0.250. The monoisotopic (exact) mass is 375 g/mol. The van der Waals surface area contributed by atoms with Gasteiger partial charge in [-0.15, -0.1) is 0 Å². The first-order chi connectivity index (χ1) is 12.7. The van der Waals surface area contributed by atoms with Gasteiger partial charge in [0.1, 0.15) is 6.54 Å². The van der Waals surface area contributed by atoms with Gasteiger partial charge in [-0.25, -0.2) is 8.78 Å². The highest BCUT2D eigenvalue weighted by atomic mass is 19.2. The van der Waals surface area contributed by atoms with Gasteiger partial charge < -0.3 is 10.1 Å². The molecular weight excluding hydrogens is 356 g/mol. The van der Waals surface area contributed by atoms with Crippen LogP contribution in [0.25, 0.3) is 0 Å². The maximum Gasteiger partial charge on any atom is 0.326 e. The Labute approximate surface area is 155 Å². The second kappa shape index (κ2) is 8.53. The summed E-state index contributed by atoms with van der Waals surface area (Å²) < 4.78 is 31.1. The standard InChI is InChI=1S/C20H19F2NO4/c1-11-4-5-15(8-12(11)2)20(26)23-10-18(24)27-13(3)19(25)14-6-7-16(21)17(22)9-14/h4-9,13H,10H2,1-3H3,(H,23,26). The van der Waals surface area contributed by atoms with Gasteiger partial charge in [-0.1, -0.05) is 6.07 Å². The molecule has 0 heterocycles. The van der Waals surface area contributed by atoms with Crippen molar-refractivity contribution in [2.75, 3.05) is 6.54 Å². The summed E-state index contributed by atoms with van der Waals surface area (Å²) in [6.45, 7) is 4.67. The van der Waals surface area contributed by atoms with Crippen LogP contribution in [0.2, 0.25) is 0 Å². The van der Waals surface area contributed by atoms with E-state index < -0.39 is 41.9 Å². The van der Waals surface area contributed by atoms with Crippen LogP contribution in [0, 0.1) is 25.5 Å². The van der Waals surface area contributed by atoms with Gasteiger partial charge >= 0.3 is 5.97 Å². The molecule has 2 aromatic rings. The number of benzene rings is 2. The second-order valence-electron chi connectivity index (χ2n) is 6.11. The van der Waals surface area contributed by atoms with Gasteiger partial charge in [-0.2, -0.15) is 0 Å². The van der Waals surface area contributed by atoms with Gasteiger partial charge in [0.05, 0.1) is 0 Å². The molecule has 5 nitrogen and oxygen atoms in total. The highest BCUT2D eigenvalue weighted by Crippen LogP contribution is 2.12. The molecule has 1 atom stereocenters. The van der Waals surface area contributed by atoms with Gasteiger partial charge in [0.25, 0.3) is 5.91 Å². The summed E-state index contributed by atoms with van der Waals surface area (Å²) in [4.78, 5) is 36.0. The largest absolute Gasteiger partial charge is 0.453 e. The molecule has 1 amide bonds. The summed E-state index contributed by atoms with van der Waals surface area (Å²) in [5.74, 6) is -4.20. The minimum atomic E-state index is -1.21. The predicted octanol–water partition coefficient (Wildman–Crippen LogP) is 3.13. The van der Waals surface area contributed by atoms with E-state index in [0.717, 1.165) is 29.3 Å². The van der Waals surface area contributed by atoms with Crippen molar-refractivity contribution in [3.05, 3.63) is 70.3 Å². The van der Waals surface area contributed by atoms with Gasteiger partial charge in [0.15, 0.2) is 17.7 Å². The van der Waals surface area contributed by atoms with E-state index in [1.807, 2.05) is 13.8 Å². The number of ketones is 1. The Morgan fingerprint density at radius 1 is 0.963 bits per heavy atom. The molecule has 7 heteroatoms. The predicted molar refractivity (Wildman–Crippen MR) is 94.5 cm³/mol. The number of carbonyl (C=O) groups excluding carboxylic acids is 3. The molecule has 0 saturated heterocycles. The highest BCUT2D eigenvalue weighted by Gasteiger charge is 2.21. The number of hydrogen-bond donors (Lipinski definition) is 1. The molecule has 2 aromatic carbocycles. The third-order valence-electron chi connectivity index (χ3n) is 4.04. The molecule has 1 N–H and O–H groups in total. The number of amides is 1. The minimum absolute atomic E-state index is 0.117. The molecule has 0 aliphatic carbocycles. The van der Waals surface area contributed by atoms with Crippen molar-refractivity contribution in [2.24, 2.45) is 0 Å². The van der Waals surface area contributed by atoms with Crippen molar-refractivity contribution in [3.8, 4) is 0 Å². The average Bonchev–Trinajstić information content (AvgIpc) is 2.63. The van der Waals surface area contributed by atoms with Crippen molar-refractivity contribution >= 4 is 17.7 Å². The van der Waals surface area contributed by atoms with Crippen LogP contribution < -0.4 is 5.32 Å². The van der Waals surface area contributed by atoms with Crippen LogP contribution in [0.1, 0.15) is 38.8 Å². The Balaban J connectivity index is 1.90. The normalized spacial score (nSPS) is 11.6. The summed E-state index contributed by atoms with van der Waals surface area (Å²) in [5, 5.41) is 2.41. The van der Waals surface area contributed by atoms with Gasteiger partial charge in [0, 0.05) is 11.1 Å². The topological polar surface area (TPSA) is 72.5 Å². The van der Waals surface area contributed by atoms with E-state index in [-0.39, 0.29) is 5.56 Å². The number of esters is 1. The van der Waals surface area contributed by atoms with E-state index in [1.54, 1.807) is 18.2 Å². The molecular formula is C20H19F2NO4. The van der Waals surface area contributed by atoms with Gasteiger partial charge in [-0.3, -0.25) is 14.4 Å². The SMILES string of the molecule is Cc1ccc(C(=O)NCC(=O)OC(C)C(=O)c2ccc(F)c(F)c2)cc1C. The molecule has 1 unspecified atom stereocenters. The zero-order valence-electron chi connectivity index (χ0n) is 15.1. The molecule has 2 rings (SSSR count). The summed E-state index contributed by atoms with van der Waals surface area (Å²) in [7, 11) is 0. The fourth-order valence-corrected chi connectivity index (χ4v) is 2.31. The number of nitrogens with one attached hydrogen (secondary N) is 1. The number of Topliss-reactive ketones (excluding diaryl/α,β-unsaturated/α-hetero) is 1. The Kier molecular flexibility index (Phi) is 6.39. The van der Waals surface area contributed by atoms with Crippen LogP contribution in [-0.4, -0.2) is 30.3 Å².